The van der Waals surface area contributed by atoms with Crippen LogP contribution < -0.4 is 10.2 Å². The number of fused-ring (bicyclic) bond motifs is 2. The van der Waals surface area contributed by atoms with Gasteiger partial charge in [0.15, 0.2) is 5.82 Å². The minimum atomic E-state index is -0.106. The molecule has 7 rings (SSSR count). The molecule has 1 aromatic heterocycles. The molecule has 0 spiro atoms. The average Bonchev–Trinajstić information content (AvgIpc) is 3.81. The number of aromatic nitrogens is 4. The van der Waals surface area contributed by atoms with Gasteiger partial charge in [-0.3, -0.25) is 9.69 Å². The van der Waals surface area contributed by atoms with Crippen LogP contribution in [-0.4, -0.2) is 56.6 Å². The summed E-state index contributed by atoms with van der Waals surface area (Å²) in [4.78, 5) is 18.4. The molecule has 2 bridgehead atoms. The summed E-state index contributed by atoms with van der Waals surface area (Å²) < 4.78 is 0. The standard InChI is InChI=1S/C34H30N8O/c35-19-24-12-10-23(11-13-24)16-33(43)36-31-17-26(29-8-4-5-9-30(29)34-37-39-40-38-34)14-15-32(31)42-22-27-18-28(42)21-41(27)20-25-6-2-1-3-7-25/h1-15,17,27-28H,16,18,20-22H2,(H,36,43)(H,37,38,39,40). The molecule has 4 aromatic carbocycles. The Bertz CT molecular complexity index is 1780. The molecule has 2 fully saturated rings. The first-order valence-corrected chi connectivity index (χ1v) is 14.5. The molecule has 212 valence electrons. The van der Waals surface area contributed by atoms with Crippen molar-refractivity contribution < 1.29 is 4.79 Å². The lowest BCUT2D eigenvalue weighted by Crippen LogP contribution is -2.46. The van der Waals surface area contributed by atoms with Gasteiger partial charge in [-0.25, -0.2) is 5.10 Å². The molecule has 2 atom stereocenters. The van der Waals surface area contributed by atoms with Crippen LogP contribution >= 0.6 is 0 Å². The SMILES string of the molecule is N#Cc1ccc(CC(=O)Nc2cc(-c3ccccc3-c3nnn[nH]3)ccc2N2CC3CC2CN3Cc2ccccc2)cc1. The number of nitriles is 1. The lowest BCUT2D eigenvalue weighted by atomic mass is 9.98. The van der Waals surface area contributed by atoms with Gasteiger partial charge in [0.05, 0.1) is 29.4 Å². The molecule has 5 aromatic rings. The summed E-state index contributed by atoms with van der Waals surface area (Å²) >= 11 is 0. The average molecular weight is 567 g/mol. The van der Waals surface area contributed by atoms with Gasteiger partial charge in [0, 0.05) is 37.3 Å². The van der Waals surface area contributed by atoms with Gasteiger partial charge in [-0.05, 0) is 63.4 Å². The topological polar surface area (TPSA) is 114 Å². The van der Waals surface area contributed by atoms with Gasteiger partial charge in [0.25, 0.3) is 0 Å². The number of aromatic amines is 1. The number of hydrogen-bond donors (Lipinski definition) is 2. The van der Waals surface area contributed by atoms with Crippen molar-refractivity contribution in [3.63, 3.8) is 0 Å². The van der Waals surface area contributed by atoms with E-state index in [9.17, 15) is 4.79 Å². The zero-order valence-electron chi connectivity index (χ0n) is 23.5. The Morgan fingerprint density at radius 2 is 1.70 bits per heavy atom. The highest BCUT2D eigenvalue weighted by Crippen LogP contribution is 2.41. The molecule has 2 unspecified atom stereocenters. The first-order chi connectivity index (χ1) is 21.1. The number of nitrogens with one attached hydrogen (secondary N) is 2. The molecule has 2 aliphatic heterocycles. The normalized spacial score (nSPS) is 17.6. The molecule has 1 amide bonds. The van der Waals surface area contributed by atoms with Crippen molar-refractivity contribution in [1.82, 2.24) is 25.5 Å². The number of rotatable bonds is 8. The van der Waals surface area contributed by atoms with Crippen molar-refractivity contribution in [3.8, 4) is 28.6 Å². The molecule has 0 aliphatic carbocycles. The van der Waals surface area contributed by atoms with Crippen molar-refractivity contribution in [1.29, 1.82) is 5.26 Å². The summed E-state index contributed by atoms with van der Waals surface area (Å²) in [5.41, 5.74) is 7.38. The van der Waals surface area contributed by atoms with E-state index in [-0.39, 0.29) is 12.3 Å². The van der Waals surface area contributed by atoms with E-state index in [4.69, 9.17) is 5.26 Å². The predicted molar refractivity (Wildman–Crippen MR) is 165 cm³/mol. The second-order valence-electron chi connectivity index (χ2n) is 11.2. The van der Waals surface area contributed by atoms with Crippen LogP contribution in [0.2, 0.25) is 0 Å². The zero-order valence-corrected chi connectivity index (χ0v) is 23.5. The summed E-state index contributed by atoms with van der Waals surface area (Å²) in [6.45, 7) is 2.85. The number of anilines is 2. The Balaban J connectivity index is 1.18. The number of hydrogen-bond acceptors (Lipinski definition) is 7. The van der Waals surface area contributed by atoms with Crippen LogP contribution in [0.15, 0.2) is 97.1 Å². The van der Waals surface area contributed by atoms with Gasteiger partial charge < -0.3 is 10.2 Å². The number of tetrazole rings is 1. The Morgan fingerprint density at radius 1 is 0.907 bits per heavy atom. The third-order valence-electron chi connectivity index (χ3n) is 8.45. The van der Waals surface area contributed by atoms with E-state index < -0.39 is 0 Å². The monoisotopic (exact) mass is 566 g/mol. The second-order valence-corrected chi connectivity index (χ2v) is 11.2. The highest BCUT2D eigenvalue weighted by molar-refractivity contribution is 5.97. The van der Waals surface area contributed by atoms with E-state index in [2.05, 4.69) is 90.3 Å². The predicted octanol–water partition coefficient (Wildman–Crippen LogP) is 5.05. The van der Waals surface area contributed by atoms with Gasteiger partial charge in [-0.15, -0.1) is 5.10 Å². The number of amides is 1. The van der Waals surface area contributed by atoms with Crippen molar-refractivity contribution in [2.45, 2.75) is 31.5 Å². The number of nitrogens with zero attached hydrogens (tertiary/aromatic N) is 6. The van der Waals surface area contributed by atoms with E-state index in [1.54, 1.807) is 12.1 Å². The van der Waals surface area contributed by atoms with E-state index >= 15 is 0 Å². The smallest absolute Gasteiger partial charge is 0.228 e. The lowest BCUT2D eigenvalue weighted by molar-refractivity contribution is -0.115. The molecular formula is C34H30N8O. The van der Waals surface area contributed by atoms with E-state index in [1.807, 2.05) is 36.4 Å². The van der Waals surface area contributed by atoms with Crippen molar-refractivity contribution in [2.24, 2.45) is 0 Å². The van der Waals surface area contributed by atoms with Gasteiger partial charge >= 0.3 is 0 Å². The minimum Gasteiger partial charge on any atom is -0.364 e. The van der Waals surface area contributed by atoms with Gasteiger partial charge in [0.1, 0.15) is 0 Å². The van der Waals surface area contributed by atoms with Crippen LogP contribution in [0.25, 0.3) is 22.5 Å². The van der Waals surface area contributed by atoms with Crippen LogP contribution in [0.1, 0.15) is 23.1 Å². The largest absolute Gasteiger partial charge is 0.364 e. The lowest BCUT2D eigenvalue weighted by Gasteiger charge is -2.36. The maximum Gasteiger partial charge on any atom is 0.228 e. The number of carbonyl (C=O) groups is 1. The molecule has 0 saturated carbocycles. The van der Waals surface area contributed by atoms with Gasteiger partial charge in [-0.1, -0.05) is 72.8 Å². The molecule has 2 saturated heterocycles. The number of carbonyl (C=O) groups excluding carboxylic acids is 1. The summed E-state index contributed by atoms with van der Waals surface area (Å²) in [5, 5.41) is 26.9. The fourth-order valence-electron chi connectivity index (χ4n) is 6.40. The van der Waals surface area contributed by atoms with E-state index in [0.717, 1.165) is 59.7 Å². The molecule has 3 heterocycles. The van der Waals surface area contributed by atoms with Crippen molar-refractivity contribution >= 4 is 17.3 Å². The Morgan fingerprint density at radius 3 is 2.42 bits per heavy atom. The molecule has 9 heteroatoms. The highest BCUT2D eigenvalue weighted by Gasteiger charge is 2.43. The molecule has 43 heavy (non-hydrogen) atoms. The Labute approximate surface area is 249 Å². The minimum absolute atomic E-state index is 0.106. The molecule has 2 aliphatic rings. The van der Waals surface area contributed by atoms with Crippen LogP contribution in [0.5, 0.6) is 0 Å². The first kappa shape index (κ1) is 26.6. The maximum atomic E-state index is 13.4. The molecule has 2 N–H and O–H groups in total. The third-order valence-corrected chi connectivity index (χ3v) is 8.45. The van der Waals surface area contributed by atoms with E-state index in [0.29, 0.717) is 23.5 Å². The summed E-state index contributed by atoms with van der Waals surface area (Å²) in [6.07, 6.45) is 1.32. The first-order valence-electron chi connectivity index (χ1n) is 14.5. The molecule has 9 nitrogen and oxygen atoms in total. The van der Waals surface area contributed by atoms with Crippen LogP contribution in [0, 0.1) is 11.3 Å². The third kappa shape index (κ3) is 5.48. The highest BCUT2D eigenvalue weighted by atomic mass is 16.1. The van der Waals surface area contributed by atoms with Crippen molar-refractivity contribution in [3.05, 3.63) is 114 Å². The fourth-order valence-corrected chi connectivity index (χ4v) is 6.40. The second kappa shape index (κ2) is 11.5. The van der Waals surface area contributed by atoms with Crippen LogP contribution in [0.4, 0.5) is 11.4 Å². The van der Waals surface area contributed by atoms with Crippen molar-refractivity contribution in [2.75, 3.05) is 23.3 Å². The number of H-pyrrole nitrogens is 1. The summed E-state index contributed by atoms with van der Waals surface area (Å²) in [7, 11) is 0. The number of benzene rings is 4. The number of piperazine rings is 1. The Hall–Kier alpha value is -5.33. The van der Waals surface area contributed by atoms with Crippen LogP contribution in [0.3, 0.4) is 0 Å². The quantitative estimate of drug-likeness (QED) is 0.270. The zero-order chi connectivity index (χ0) is 29.2. The molecule has 0 radical (unpaired) electrons. The summed E-state index contributed by atoms with van der Waals surface area (Å²) in [6, 6.07) is 35.0. The number of likely N-dealkylation sites (tertiary alicyclic amines) is 1. The van der Waals surface area contributed by atoms with E-state index in [1.165, 1.54) is 5.56 Å². The van der Waals surface area contributed by atoms with Gasteiger partial charge in [-0.2, -0.15) is 5.26 Å². The fraction of sp³-hybridized carbons (Fsp3) is 0.206. The van der Waals surface area contributed by atoms with Crippen LogP contribution in [-0.2, 0) is 17.8 Å². The Kier molecular flexibility index (Phi) is 7.11. The summed E-state index contributed by atoms with van der Waals surface area (Å²) in [5.74, 6) is 0.479. The maximum absolute atomic E-state index is 13.4. The molecular weight excluding hydrogens is 536 g/mol. The van der Waals surface area contributed by atoms with Gasteiger partial charge in [0.2, 0.25) is 5.91 Å².